The summed E-state index contributed by atoms with van der Waals surface area (Å²) < 4.78 is 5.28. The third kappa shape index (κ3) is 3.46. The number of rotatable bonds is 5. The van der Waals surface area contributed by atoms with Crippen LogP contribution in [0.4, 0.5) is 0 Å². The van der Waals surface area contributed by atoms with Gasteiger partial charge in [0, 0.05) is 17.5 Å². The van der Waals surface area contributed by atoms with Crippen molar-refractivity contribution in [1.29, 1.82) is 0 Å². The van der Waals surface area contributed by atoms with Gasteiger partial charge >= 0.3 is 0 Å². The van der Waals surface area contributed by atoms with E-state index in [0.717, 1.165) is 31.8 Å². The van der Waals surface area contributed by atoms with Crippen LogP contribution in [0.15, 0.2) is 36.4 Å². The molecule has 3 aliphatic rings. The monoisotopic (exact) mass is 370 g/mol. The Labute approximate surface area is 159 Å². The van der Waals surface area contributed by atoms with Gasteiger partial charge in [-0.25, -0.2) is 0 Å². The van der Waals surface area contributed by atoms with E-state index in [1.807, 2.05) is 29.2 Å². The predicted molar refractivity (Wildman–Crippen MR) is 96.7 cm³/mol. The molecule has 0 aromatic heterocycles. The van der Waals surface area contributed by atoms with Crippen molar-refractivity contribution in [1.82, 2.24) is 4.90 Å². The first-order valence-corrected chi connectivity index (χ1v) is 9.71. The van der Waals surface area contributed by atoms with Crippen LogP contribution in [0, 0.1) is 23.7 Å². The van der Waals surface area contributed by atoms with E-state index < -0.39 is 17.8 Å². The van der Waals surface area contributed by atoms with Gasteiger partial charge in [-0.1, -0.05) is 24.3 Å². The summed E-state index contributed by atoms with van der Waals surface area (Å²) in [5.74, 6) is -1.28. The highest BCUT2D eigenvalue weighted by Gasteiger charge is 2.50. The number of benzene rings is 1. The fourth-order valence-corrected chi connectivity index (χ4v) is 4.98. The van der Waals surface area contributed by atoms with Gasteiger partial charge in [-0.2, -0.15) is 0 Å². The molecule has 144 valence electrons. The number of carboxylic acid groups (broad SMARTS) is 1. The van der Waals surface area contributed by atoms with Crippen LogP contribution in [0.2, 0.25) is 0 Å². The zero-order valence-corrected chi connectivity index (χ0v) is 15.6. The van der Waals surface area contributed by atoms with Gasteiger partial charge in [0.15, 0.2) is 0 Å². The number of nitrogens with one attached hydrogen (secondary N) is 1. The first-order chi connectivity index (χ1) is 13.1. The summed E-state index contributed by atoms with van der Waals surface area (Å²) >= 11 is 0. The molecule has 0 radical (unpaired) electrons. The molecule has 1 amide bonds. The highest BCUT2D eigenvalue weighted by Crippen LogP contribution is 2.48. The molecule has 4 rings (SSSR count). The lowest BCUT2D eigenvalue weighted by Gasteiger charge is -2.37. The highest BCUT2D eigenvalue weighted by atomic mass is 16.5. The van der Waals surface area contributed by atoms with Gasteiger partial charge in [0.05, 0.1) is 39.2 Å². The van der Waals surface area contributed by atoms with Crippen LogP contribution >= 0.6 is 0 Å². The topological polar surface area (TPSA) is 74.1 Å². The number of hydrogen-bond acceptors (Lipinski definition) is 4. The fraction of sp³-hybridized carbons (Fsp3) is 0.524. The van der Waals surface area contributed by atoms with Gasteiger partial charge in [0.2, 0.25) is 5.91 Å². The van der Waals surface area contributed by atoms with Crippen molar-refractivity contribution in [2.24, 2.45) is 23.7 Å². The van der Waals surface area contributed by atoms with Crippen molar-refractivity contribution in [3.05, 3.63) is 42.0 Å². The largest absolute Gasteiger partial charge is 0.550 e. The maximum atomic E-state index is 13.0. The van der Waals surface area contributed by atoms with Crippen molar-refractivity contribution in [2.75, 3.05) is 33.3 Å². The van der Waals surface area contributed by atoms with E-state index in [-0.39, 0.29) is 17.7 Å². The third-order valence-corrected chi connectivity index (χ3v) is 6.39. The van der Waals surface area contributed by atoms with E-state index in [9.17, 15) is 14.7 Å². The second kappa shape index (κ2) is 7.35. The Morgan fingerprint density at radius 2 is 1.89 bits per heavy atom. The van der Waals surface area contributed by atoms with E-state index in [0.29, 0.717) is 13.1 Å². The number of methoxy groups -OCH3 is 1. The van der Waals surface area contributed by atoms with Crippen LogP contribution in [0.25, 0.3) is 0 Å². The number of quaternary nitrogens is 1. The average Bonchev–Trinajstić information content (AvgIpc) is 3.29. The molecule has 6 nitrogen and oxygen atoms in total. The van der Waals surface area contributed by atoms with Crippen molar-refractivity contribution in [3.63, 3.8) is 0 Å². The SMILES string of the molecule is COc1cccc(C[NH+]2CCN(C(=O)[C@@H]3[C@@H](C(=O)[O-])[C@@H]4C=C[C@@H]3C4)CC2)c1. The Balaban J connectivity index is 1.35. The maximum absolute atomic E-state index is 13.0. The summed E-state index contributed by atoms with van der Waals surface area (Å²) in [5, 5.41) is 11.6. The van der Waals surface area contributed by atoms with Crippen LogP contribution < -0.4 is 14.7 Å². The molecule has 1 aromatic carbocycles. The Bertz CT molecular complexity index is 754. The summed E-state index contributed by atoms with van der Waals surface area (Å²) in [6.45, 7) is 3.99. The first kappa shape index (κ1) is 18.0. The van der Waals surface area contributed by atoms with E-state index in [4.69, 9.17) is 4.74 Å². The molecule has 4 atom stereocenters. The highest BCUT2D eigenvalue weighted by molar-refractivity contribution is 5.86. The molecule has 1 saturated heterocycles. The van der Waals surface area contributed by atoms with Crippen LogP contribution in [0.5, 0.6) is 5.75 Å². The zero-order valence-electron chi connectivity index (χ0n) is 15.6. The lowest BCUT2D eigenvalue weighted by Crippen LogP contribution is -3.13. The Kier molecular flexibility index (Phi) is 4.91. The number of aliphatic carboxylic acids is 1. The van der Waals surface area contributed by atoms with Crippen LogP contribution in [0.3, 0.4) is 0 Å². The minimum absolute atomic E-state index is 0.00137. The van der Waals surface area contributed by atoms with Gasteiger partial charge in [-0.15, -0.1) is 0 Å². The third-order valence-electron chi connectivity index (χ3n) is 6.39. The number of carboxylic acids is 1. The standard InChI is InChI=1S/C21H26N2O4/c1-27-17-4-2-3-14(11-17)13-22-7-9-23(10-8-22)20(24)18-15-5-6-16(12-15)19(18)21(25)26/h2-6,11,15-16,18-19H,7-10,12-13H2,1H3,(H,25,26)/t15-,16-,18+,19+/m1/s1. The second-order valence-corrected chi connectivity index (χ2v) is 7.92. The van der Waals surface area contributed by atoms with Gasteiger partial charge < -0.3 is 24.4 Å². The van der Waals surface area contributed by atoms with Gasteiger partial charge in [0.25, 0.3) is 0 Å². The Morgan fingerprint density at radius 3 is 2.56 bits per heavy atom. The summed E-state index contributed by atoms with van der Waals surface area (Å²) in [6, 6.07) is 8.08. The number of nitrogens with zero attached hydrogens (tertiary/aromatic N) is 1. The molecule has 27 heavy (non-hydrogen) atoms. The summed E-state index contributed by atoms with van der Waals surface area (Å²) in [7, 11) is 1.67. The molecule has 1 heterocycles. The summed E-state index contributed by atoms with van der Waals surface area (Å²) in [5.41, 5.74) is 1.22. The van der Waals surface area contributed by atoms with E-state index in [1.165, 1.54) is 10.5 Å². The summed E-state index contributed by atoms with van der Waals surface area (Å²) in [6.07, 6.45) is 4.75. The molecule has 1 aliphatic heterocycles. The van der Waals surface area contributed by atoms with Crippen LogP contribution in [-0.4, -0.2) is 50.1 Å². The average molecular weight is 370 g/mol. The Morgan fingerprint density at radius 1 is 1.19 bits per heavy atom. The molecular weight excluding hydrogens is 344 g/mol. The van der Waals surface area contributed by atoms with Crippen molar-refractivity contribution in [3.8, 4) is 5.75 Å². The fourth-order valence-electron chi connectivity index (χ4n) is 4.98. The molecule has 0 spiro atoms. The lowest BCUT2D eigenvalue weighted by atomic mass is 9.82. The normalized spacial score (nSPS) is 29.9. The predicted octanol–water partition coefficient (Wildman–Crippen LogP) is -0.889. The molecule has 1 aromatic rings. The molecule has 2 aliphatic carbocycles. The molecule has 2 fully saturated rings. The minimum atomic E-state index is -1.08. The van der Waals surface area contributed by atoms with E-state index >= 15 is 0 Å². The van der Waals surface area contributed by atoms with Crippen LogP contribution in [-0.2, 0) is 16.1 Å². The van der Waals surface area contributed by atoms with Gasteiger partial charge in [0.1, 0.15) is 12.3 Å². The van der Waals surface area contributed by atoms with Gasteiger partial charge in [-0.3, -0.25) is 4.79 Å². The number of fused-ring (bicyclic) bond motifs is 2. The van der Waals surface area contributed by atoms with E-state index in [1.54, 1.807) is 7.11 Å². The van der Waals surface area contributed by atoms with Crippen molar-refractivity contribution >= 4 is 11.9 Å². The molecular formula is C21H26N2O4. The number of ether oxygens (including phenoxy) is 1. The molecule has 2 bridgehead atoms. The number of piperazine rings is 1. The number of amides is 1. The van der Waals surface area contributed by atoms with Crippen molar-refractivity contribution < 1.29 is 24.3 Å². The smallest absolute Gasteiger partial charge is 0.227 e. The lowest BCUT2D eigenvalue weighted by molar-refractivity contribution is -0.917. The zero-order chi connectivity index (χ0) is 19.0. The number of allylic oxidation sites excluding steroid dienone is 2. The minimum Gasteiger partial charge on any atom is -0.550 e. The quantitative estimate of drug-likeness (QED) is 0.683. The second-order valence-electron chi connectivity index (χ2n) is 7.92. The Hall–Kier alpha value is -2.34. The molecule has 1 N–H and O–H groups in total. The van der Waals surface area contributed by atoms with Crippen molar-refractivity contribution in [2.45, 2.75) is 13.0 Å². The van der Waals surface area contributed by atoms with Crippen LogP contribution in [0.1, 0.15) is 12.0 Å². The summed E-state index contributed by atoms with van der Waals surface area (Å²) in [4.78, 5) is 27.9. The number of carbonyl (C=O) groups excluding carboxylic acids is 2. The molecule has 0 unspecified atom stereocenters. The molecule has 1 saturated carbocycles. The molecule has 6 heteroatoms. The number of carbonyl (C=O) groups is 2. The maximum Gasteiger partial charge on any atom is 0.227 e. The van der Waals surface area contributed by atoms with Gasteiger partial charge in [-0.05, 0) is 30.4 Å². The number of hydrogen-bond donors (Lipinski definition) is 1. The van der Waals surface area contributed by atoms with E-state index in [2.05, 4.69) is 12.1 Å². The first-order valence-electron chi connectivity index (χ1n) is 9.71.